The van der Waals surface area contributed by atoms with Gasteiger partial charge in [0.2, 0.25) is 0 Å². The molecule has 1 aromatic rings. The SMILES string of the molecule is CCN1CCN(c2cnc(C(C)C)nc2CCl)CC1C. The summed E-state index contributed by atoms with van der Waals surface area (Å²) >= 11 is 6.09. The van der Waals surface area contributed by atoms with Crippen LogP contribution in [0.1, 0.15) is 45.1 Å². The number of hydrogen-bond donors (Lipinski definition) is 0. The fraction of sp³-hybridized carbons (Fsp3) is 0.733. The maximum atomic E-state index is 6.09. The molecular weight excluding hydrogens is 272 g/mol. The first-order chi connectivity index (χ1) is 9.56. The van der Waals surface area contributed by atoms with Crippen LogP contribution in [-0.2, 0) is 5.88 Å². The van der Waals surface area contributed by atoms with E-state index in [9.17, 15) is 0 Å². The van der Waals surface area contributed by atoms with E-state index in [1.165, 1.54) is 0 Å². The summed E-state index contributed by atoms with van der Waals surface area (Å²) in [4.78, 5) is 14.0. The number of halogens is 1. The van der Waals surface area contributed by atoms with Gasteiger partial charge in [-0.05, 0) is 13.5 Å². The summed E-state index contributed by atoms with van der Waals surface area (Å²) in [5.74, 6) is 1.66. The summed E-state index contributed by atoms with van der Waals surface area (Å²) in [6.07, 6.45) is 1.95. The van der Waals surface area contributed by atoms with E-state index < -0.39 is 0 Å². The first-order valence-electron chi connectivity index (χ1n) is 7.47. The summed E-state index contributed by atoms with van der Waals surface area (Å²) < 4.78 is 0. The Morgan fingerprint density at radius 2 is 2.15 bits per heavy atom. The number of hydrogen-bond acceptors (Lipinski definition) is 4. The van der Waals surface area contributed by atoms with Crippen LogP contribution in [0.3, 0.4) is 0 Å². The second-order valence-electron chi connectivity index (χ2n) is 5.77. The molecule has 1 aliphatic rings. The molecular formula is C15H25ClN4. The van der Waals surface area contributed by atoms with Crippen molar-refractivity contribution in [2.24, 2.45) is 0 Å². The summed E-state index contributed by atoms with van der Waals surface area (Å²) in [6.45, 7) is 12.9. The number of likely N-dealkylation sites (N-methyl/N-ethyl adjacent to an activating group) is 1. The molecule has 2 rings (SSSR count). The summed E-state index contributed by atoms with van der Waals surface area (Å²) in [6, 6.07) is 0.557. The summed E-state index contributed by atoms with van der Waals surface area (Å²) in [5, 5.41) is 0. The molecule has 112 valence electrons. The third-order valence-electron chi connectivity index (χ3n) is 4.02. The van der Waals surface area contributed by atoms with Crippen molar-refractivity contribution in [3.63, 3.8) is 0 Å². The van der Waals surface area contributed by atoms with E-state index in [0.717, 1.165) is 43.4 Å². The van der Waals surface area contributed by atoms with Gasteiger partial charge >= 0.3 is 0 Å². The monoisotopic (exact) mass is 296 g/mol. The van der Waals surface area contributed by atoms with Gasteiger partial charge in [0.15, 0.2) is 0 Å². The zero-order valence-electron chi connectivity index (χ0n) is 12.9. The highest BCUT2D eigenvalue weighted by Crippen LogP contribution is 2.24. The number of anilines is 1. The lowest BCUT2D eigenvalue weighted by atomic mass is 10.1. The number of piperazine rings is 1. The number of rotatable bonds is 4. The predicted molar refractivity (Wildman–Crippen MR) is 84.6 cm³/mol. The van der Waals surface area contributed by atoms with E-state index in [4.69, 9.17) is 11.6 Å². The molecule has 0 radical (unpaired) electrons. The van der Waals surface area contributed by atoms with Crippen LogP contribution in [0, 0.1) is 0 Å². The lowest BCUT2D eigenvalue weighted by Crippen LogP contribution is -2.52. The topological polar surface area (TPSA) is 32.3 Å². The van der Waals surface area contributed by atoms with Gasteiger partial charge in [-0.2, -0.15) is 0 Å². The van der Waals surface area contributed by atoms with Crippen LogP contribution in [0.25, 0.3) is 0 Å². The number of alkyl halides is 1. The third-order valence-corrected chi connectivity index (χ3v) is 4.27. The Labute approximate surface area is 127 Å². The van der Waals surface area contributed by atoms with Crippen LogP contribution in [0.15, 0.2) is 6.20 Å². The molecule has 0 aliphatic carbocycles. The molecule has 20 heavy (non-hydrogen) atoms. The molecule has 0 amide bonds. The van der Waals surface area contributed by atoms with Crippen molar-refractivity contribution < 1.29 is 0 Å². The maximum Gasteiger partial charge on any atom is 0.131 e. The molecule has 0 aromatic carbocycles. The first kappa shape index (κ1) is 15.5. The number of aromatic nitrogens is 2. The normalized spacial score (nSPS) is 20.7. The van der Waals surface area contributed by atoms with Crippen molar-refractivity contribution >= 4 is 17.3 Å². The zero-order chi connectivity index (χ0) is 14.7. The second-order valence-corrected chi connectivity index (χ2v) is 6.04. The van der Waals surface area contributed by atoms with Gasteiger partial charge in [0.05, 0.1) is 23.5 Å². The lowest BCUT2D eigenvalue weighted by Gasteiger charge is -2.40. The van der Waals surface area contributed by atoms with Crippen molar-refractivity contribution in [1.29, 1.82) is 0 Å². The Balaban J connectivity index is 2.20. The predicted octanol–water partition coefficient (Wildman–Crippen LogP) is 2.87. The molecule has 4 nitrogen and oxygen atoms in total. The quantitative estimate of drug-likeness (QED) is 0.800. The molecule has 0 saturated carbocycles. The van der Waals surface area contributed by atoms with Crippen LogP contribution in [0.4, 0.5) is 5.69 Å². The van der Waals surface area contributed by atoms with Gasteiger partial charge in [0.25, 0.3) is 0 Å². The third kappa shape index (κ3) is 3.23. The van der Waals surface area contributed by atoms with Gasteiger partial charge in [-0.15, -0.1) is 11.6 Å². The average molecular weight is 297 g/mol. The lowest BCUT2D eigenvalue weighted by molar-refractivity contribution is 0.199. The fourth-order valence-corrected chi connectivity index (χ4v) is 2.95. The average Bonchev–Trinajstić information content (AvgIpc) is 2.46. The van der Waals surface area contributed by atoms with Gasteiger partial charge < -0.3 is 4.90 Å². The molecule has 0 bridgehead atoms. The van der Waals surface area contributed by atoms with Crippen LogP contribution >= 0.6 is 11.6 Å². The molecule has 1 unspecified atom stereocenters. The van der Waals surface area contributed by atoms with Crippen molar-refractivity contribution in [3.8, 4) is 0 Å². The van der Waals surface area contributed by atoms with Gasteiger partial charge in [0.1, 0.15) is 5.82 Å². The minimum absolute atomic E-state index is 0.335. The Hall–Kier alpha value is -0.870. The Kier molecular flexibility index (Phi) is 5.22. The van der Waals surface area contributed by atoms with E-state index in [1.807, 2.05) is 6.20 Å². The smallest absolute Gasteiger partial charge is 0.131 e. The molecule has 1 aromatic heterocycles. The summed E-state index contributed by atoms with van der Waals surface area (Å²) in [7, 11) is 0. The fourth-order valence-electron chi connectivity index (χ4n) is 2.75. The highest BCUT2D eigenvalue weighted by atomic mass is 35.5. The van der Waals surface area contributed by atoms with Crippen molar-refractivity contribution in [2.75, 3.05) is 31.1 Å². The number of nitrogens with zero attached hydrogens (tertiary/aromatic N) is 4. The largest absolute Gasteiger partial charge is 0.366 e. The minimum Gasteiger partial charge on any atom is -0.366 e. The zero-order valence-corrected chi connectivity index (χ0v) is 13.7. The standard InChI is InChI=1S/C15H25ClN4/c1-5-19-6-7-20(10-12(19)4)14-9-17-15(11(2)3)18-13(14)8-16/h9,11-12H,5-8,10H2,1-4H3. The molecule has 1 fully saturated rings. The highest BCUT2D eigenvalue weighted by molar-refractivity contribution is 6.17. The Bertz CT molecular complexity index is 449. The molecule has 1 aliphatic heterocycles. The van der Waals surface area contributed by atoms with E-state index in [2.05, 4.69) is 47.5 Å². The molecule has 2 heterocycles. The maximum absolute atomic E-state index is 6.09. The second kappa shape index (κ2) is 6.72. The molecule has 1 atom stereocenters. The van der Waals surface area contributed by atoms with Crippen LogP contribution < -0.4 is 4.90 Å². The summed E-state index contributed by atoms with van der Waals surface area (Å²) in [5.41, 5.74) is 2.06. The van der Waals surface area contributed by atoms with E-state index in [0.29, 0.717) is 17.8 Å². The van der Waals surface area contributed by atoms with Crippen molar-refractivity contribution in [2.45, 2.75) is 45.5 Å². The van der Waals surface area contributed by atoms with Crippen LogP contribution in [-0.4, -0.2) is 47.1 Å². The van der Waals surface area contributed by atoms with Gasteiger partial charge in [-0.25, -0.2) is 9.97 Å². The van der Waals surface area contributed by atoms with Gasteiger partial charge in [0, 0.05) is 31.6 Å². The first-order valence-corrected chi connectivity index (χ1v) is 8.01. The Morgan fingerprint density at radius 3 is 2.70 bits per heavy atom. The van der Waals surface area contributed by atoms with Crippen molar-refractivity contribution in [3.05, 3.63) is 17.7 Å². The Morgan fingerprint density at radius 1 is 1.40 bits per heavy atom. The van der Waals surface area contributed by atoms with Gasteiger partial charge in [-0.3, -0.25) is 4.90 Å². The molecule has 5 heteroatoms. The molecule has 1 saturated heterocycles. The van der Waals surface area contributed by atoms with Crippen LogP contribution in [0.5, 0.6) is 0 Å². The minimum atomic E-state index is 0.335. The molecule has 0 N–H and O–H groups in total. The van der Waals surface area contributed by atoms with Crippen molar-refractivity contribution in [1.82, 2.24) is 14.9 Å². The van der Waals surface area contributed by atoms with E-state index in [1.54, 1.807) is 0 Å². The van der Waals surface area contributed by atoms with E-state index >= 15 is 0 Å². The molecule has 0 spiro atoms. The van der Waals surface area contributed by atoms with Gasteiger partial charge in [-0.1, -0.05) is 20.8 Å². The van der Waals surface area contributed by atoms with E-state index in [-0.39, 0.29) is 0 Å². The van der Waals surface area contributed by atoms with Crippen LogP contribution in [0.2, 0.25) is 0 Å². The highest BCUT2D eigenvalue weighted by Gasteiger charge is 2.24.